The molecule has 110 valence electrons. The van der Waals surface area contributed by atoms with Crippen molar-refractivity contribution in [2.45, 2.75) is 13.0 Å². The summed E-state index contributed by atoms with van der Waals surface area (Å²) >= 11 is 0. The molecule has 1 rings (SSSR count). The number of benzene rings is 1. The van der Waals surface area contributed by atoms with Crippen molar-refractivity contribution in [1.29, 1.82) is 0 Å². The minimum atomic E-state index is -0.842. The highest BCUT2D eigenvalue weighted by Gasteiger charge is 2.07. The van der Waals surface area contributed by atoms with Crippen LogP contribution in [-0.2, 0) is 16.1 Å². The van der Waals surface area contributed by atoms with Crippen LogP contribution >= 0.6 is 0 Å². The van der Waals surface area contributed by atoms with Crippen LogP contribution in [0.15, 0.2) is 18.2 Å². The maximum Gasteiger partial charge on any atom is 0.304 e. The second kappa shape index (κ2) is 8.00. The second-order valence-corrected chi connectivity index (χ2v) is 4.06. The molecule has 0 aromatic heterocycles. The summed E-state index contributed by atoms with van der Waals surface area (Å²) in [7, 11) is 1.49. The van der Waals surface area contributed by atoms with Gasteiger partial charge in [0.1, 0.15) is 0 Å². The molecule has 1 aromatic rings. The standard InChI is InChI=1S/C13H18N2O5/c1-19-11-6-9(7-15-5-4-13(17)18)2-3-10(11)20-8-12(14)16/h2-3,6,15H,4-5,7-8H2,1H3,(H2,14,16)(H,17,18). The molecule has 0 aliphatic heterocycles. The Labute approximate surface area is 116 Å². The van der Waals surface area contributed by atoms with Crippen molar-refractivity contribution in [2.75, 3.05) is 20.3 Å². The fourth-order valence-electron chi connectivity index (χ4n) is 1.52. The van der Waals surface area contributed by atoms with Gasteiger partial charge in [-0.1, -0.05) is 6.07 Å². The van der Waals surface area contributed by atoms with Crippen LogP contribution in [0, 0.1) is 0 Å². The molecule has 7 nitrogen and oxygen atoms in total. The zero-order valence-electron chi connectivity index (χ0n) is 11.2. The molecule has 1 amide bonds. The van der Waals surface area contributed by atoms with Crippen molar-refractivity contribution < 1.29 is 24.2 Å². The molecule has 0 heterocycles. The van der Waals surface area contributed by atoms with Gasteiger partial charge < -0.3 is 25.6 Å². The number of amides is 1. The van der Waals surface area contributed by atoms with Gasteiger partial charge in [0, 0.05) is 13.1 Å². The molecule has 4 N–H and O–H groups in total. The average Bonchev–Trinajstić information content (AvgIpc) is 2.41. The van der Waals surface area contributed by atoms with Gasteiger partial charge in [-0.3, -0.25) is 9.59 Å². The molecule has 0 atom stereocenters. The van der Waals surface area contributed by atoms with E-state index >= 15 is 0 Å². The molecule has 0 bridgehead atoms. The summed E-state index contributed by atoms with van der Waals surface area (Å²) in [6.45, 7) is 0.684. The van der Waals surface area contributed by atoms with Gasteiger partial charge in [-0.05, 0) is 17.7 Å². The maximum absolute atomic E-state index is 10.7. The zero-order valence-corrected chi connectivity index (χ0v) is 11.2. The Bertz CT molecular complexity index is 476. The highest BCUT2D eigenvalue weighted by Crippen LogP contribution is 2.27. The predicted molar refractivity (Wildman–Crippen MR) is 71.6 cm³/mol. The predicted octanol–water partition coefficient (Wildman–Crippen LogP) is 0.124. The Morgan fingerprint density at radius 1 is 1.35 bits per heavy atom. The zero-order chi connectivity index (χ0) is 15.0. The normalized spacial score (nSPS) is 10.1. The number of carbonyl (C=O) groups excluding carboxylic acids is 1. The Balaban J connectivity index is 2.57. The lowest BCUT2D eigenvalue weighted by Gasteiger charge is -2.11. The van der Waals surface area contributed by atoms with Crippen LogP contribution in [0.2, 0.25) is 0 Å². The Morgan fingerprint density at radius 2 is 2.10 bits per heavy atom. The van der Waals surface area contributed by atoms with E-state index in [4.69, 9.17) is 20.3 Å². The first-order chi connectivity index (χ1) is 9.52. The minimum Gasteiger partial charge on any atom is -0.493 e. The molecule has 0 fully saturated rings. The van der Waals surface area contributed by atoms with E-state index in [1.807, 2.05) is 0 Å². The highest BCUT2D eigenvalue weighted by atomic mass is 16.5. The third-order valence-corrected chi connectivity index (χ3v) is 2.44. The molecular formula is C13H18N2O5. The number of rotatable bonds is 9. The van der Waals surface area contributed by atoms with E-state index in [-0.39, 0.29) is 13.0 Å². The molecule has 0 saturated carbocycles. The lowest BCUT2D eigenvalue weighted by Crippen LogP contribution is -2.20. The summed E-state index contributed by atoms with van der Waals surface area (Å²) in [5, 5.41) is 11.5. The summed E-state index contributed by atoms with van der Waals surface area (Å²) in [4.78, 5) is 21.0. The quantitative estimate of drug-likeness (QED) is 0.555. The summed E-state index contributed by atoms with van der Waals surface area (Å²) in [6.07, 6.45) is 0.0664. The molecule has 0 radical (unpaired) electrons. The first-order valence-corrected chi connectivity index (χ1v) is 6.03. The third kappa shape index (κ3) is 5.57. The summed E-state index contributed by atoms with van der Waals surface area (Å²) < 4.78 is 10.4. The van der Waals surface area contributed by atoms with Crippen molar-refractivity contribution in [2.24, 2.45) is 5.73 Å². The number of carboxylic acid groups (broad SMARTS) is 1. The summed E-state index contributed by atoms with van der Waals surface area (Å²) in [6, 6.07) is 5.23. The van der Waals surface area contributed by atoms with Gasteiger partial charge in [0.25, 0.3) is 5.91 Å². The van der Waals surface area contributed by atoms with E-state index in [1.165, 1.54) is 7.11 Å². The number of carboxylic acids is 1. The number of carbonyl (C=O) groups is 2. The molecule has 0 aliphatic rings. The molecule has 0 saturated heterocycles. The Kier molecular flexibility index (Phi) is 6.31. The fraction of sp³-hybridized carbons (Fsp3) is 0.385. The maximum atomic E-state index is 10.7. The topological polar surface area (TPSA) is 111 Å². The van der Waals surface area contributed by atoms with Crippen LogP contribution in [0.4, 0.5) is 0 Å². The molecule has 0 aliphatic carbocycles. The van der Waals surface area contributed by atoms with Gasteiger partial charge >= 0.3 is 5.97 Å². The Morgan fingerprint density at radius 3 is 2.70 bits per heavy atom. The largest absolute Gasteiger partial charge is 0.493 e. The van der Waals surface area contributed by atoms with Crippen LogP contribution < -0.4 is 20.5 Å². The van der Waals surface area contributed by atoms with Crippen LogP contribution in [-0.4, -0.2) is 37.2 Å². The van der Waals surface area contributed by atoms with Crippen molar-refractivity contribution >= 4 is 11.9 Å². The number of nitrogens with one attached hydrogen (secondary N) is 1. The lowest BCUT2D eigenvalue weighted by atomic mass is 10.2. The van der Waals surface area contributed by atoms with E-state index in [2.05, 4.69) is 5.32 Å². The second-order valence-electron chi connectivity index (χ2n) is 4.06. The van der Waals surface area contributed by atoms with Gasteiger partial charge in [-0.2, -0.15) is 0 Å². The molecule has 0 unspecified atom stereocenters. The van der Waals surface area contributed by atoms with Crippen molar-refractivity contribution in [3.63, 3.8) is 0 Å². The van der Waals surface area contributed by atoms with Crippen LogP contribution in [0.1, 0.15) is 12.0 Å². The number of primary amides is 1. The van der Waals surface area contributed by atoms with Crippen LogP contribution in [0.5, 0.6) is 11.5 Å². The van der Waals surface area contributed by atoms with Crippen LogP contribution in [0.25, 0.3) is 0 Å². The molecular weight excluding hydrogens is 264 g/mol. The third-order valence-electron chi connectivity index (χ3n) is 2.44. The van der Waals surface area contributed by atoms with Crippen molar-refractivity contribution in [3.05, 3.63) is 23.8 Å². The van der Waals surface area contributed by atoms with Gasteiger partial charge in [0.15, 0.2) is 18.1 Å². The summed E-state index contributed by atoms with van der Waals surface area (Å²) in [5.74, 6) is -0.485. The van der Waals surface area contributed by atoms with Gasteiger partial charge in [-0.25, -0.2) is 0 Å². The van der Waals surface area contributed by atoms with Gasteiger partial charge in [0.2, 0.25) is 0 Å². The minimum absolute atomic E-state index is 0.0664. The van der Waals surface area contributed by atoms with Gasteiger partial charge in [0.05, 0.1) is 13.5 Å². The number of nitrogens with two attached hydrogens (primary N) is 1. The van der Waals surface area contributed by atoms with Gasteiger partial charge in [-0.15, -0.1) is 0 Å². The van der Waals surface area contributed by atoms with E-state index < -0.39 is 11.9 Å². The first kappa shape index (κ1) is 15.8. The number of hydrogen-bond donors (Lipinski definition) is 3. The highest BCUT2D eigenvalue weighted by molar-refractivity contribution is 5.75. The average molecular weight is 282 g/mol. The number of hydrogen-bond acceptors (Lipinski definition) is 5. The van der Waals surface area contributed by atoms with Crippen molar-refractivity contribution in [3.8, 4) is 11.5 Å². The molecule has 20 heavy (non-hydrogen) atoms. The summed E-state index contributed by atoms with van der Waals surface area (Å²) in [5.41, 5.74) is 5.92. The number of aliphatic carboxylic acids is 1. The number of methoxy groups -OCH3 is 1. The SMILES string of the molecule is COc1cc(CNCCC(=O)O)ccc1OCC(N)=O. The van der Waals surface area contributed by atoms with Crippen LogP contribution in [0.3, 0.4) is 0 Å². The van der Waals surface area contributed by atoms with E-state index in [1.54, 1.807) is 18.2 Å². The van der Waals surface area contributed by atoms with E-state index in [9.17, 15) is 9.59 Å². The van der Waals surface area contributed by atoms with Crippen molar-refractivity contribution in [1.82, 2.24) is 5.32 Å². The van der Waals surface area contributed by atoms with E-state index in [0.29, 0.717) is 24.6 Å². The smallest absolute Gasteiger partial charge is 0.304 e. The number of ether oxygens (including phenoxy) is 2. The molecule has 1 aromatic carbocycles. The van der Waals surface area contributed by atoms with E-state index in [0.717, 1.165) is 5.56 Å². The molecule has 0 spiro atoms. The molecule has 7 heteroatoms. The fourth-order valence-corrected chi connectivity index (χ4v) is 1.52. The first-order valence-electron chi connectivity index (χ1n) is 6.03. The Hall–Kier alpha value is -2.28. The lowest BCUT2D eigenvalue weighted by molar-refractivity contribution is -0.136. The monoisotopic (exact) mass is 282 g/mol.